The number of β-lactam (4-membered cyclic amide) rings is 1. The fourth-order valence-electron chi connectivity index (χ4n) is 2.35. The summed E-state index contributed by atoms with van der Waals surface area (Å²) in [6, 6.07) is 20.0. The SMILES string of the molecule is O=C1[C@H](Cc2ccccc2)CN1OCc1ccccc1. The van der Waals surface area contributed by atoms with Crippen LogP contribution in [0.25, 0.3) is 0 Å². The van der Waals surface area contributed by atoms with Crippen molar-refractivity contribution in [2.24, 2.45) is 5.92 Å². The van der Waals surface area contributed by atoms with E-state index in [9.17, 15) is 4.79 Å². The van der Waals surface area contributed by atoms with E-state index in [2.05, 4.69) is 12.1 Å². The maximum atomic E-state index is 12.0. The summed E-state index contributed by atoms with van der Waals surface area (Å²) >= 11 is 0. The molecule has 1 atom stereocenters. The molecule has 3 rings (SSSR count). The zero-order valence-corrected chi connectivity index (χ0v) is 11.2. The molecule has 1 aliphatic rings. The Morgan fingerprint density at radius 3 is 2.15 bits per heavy atom. The number of carbonyl (C=O) groups excluding carboxylic acids is 1. The average Bonchev–Trinajstić information content (AvgIpc) is 2.52. The maximum absolute atomic E-state index is 12.0. The average molecular weight is 267 g/mol. The summed E-state index contributed by atoms with van der Waals surface area (Å²) in [6.45, 7) is 1.13. The summed E-state index contributed by atoms with van der Waals surface area (Å²) in [5.74, 6) is 0.151. The Labute approximate surface area is 118 Å². The Morgan fingerprint density at radius 1 is 0.950 bits per heavy atom. The summed E-state index contributed by atoms with van der Waals surface area (Å²) < 4.78 is 0. The van der Waals surface area contributed by atoms with Crippen LogP contribution in [-0.2, 0) is 22.7 Å². The molecule has 1 aliphatic heterocycles. The van der Waals surface area contributed by atoms with Crippen LogP contribution in [0.1, 0.15) is 11.1 Å². The number of amides is 1. The lowest BCUT2D eigenvalue weighted by Crippen LogP contribution is -2.52. The van der Waals surface area contributed by atoms with Crippen molar-refractivity contribution < 1.29 is 9.63 Å². The summed E-state index contributed by atoms with van der Waals surface area (Å²) in [5.41, 5.74) is 2.28. The molecule has 1 amide bonds. The molecule has 0 radical (unpaired) electrons. The van der Waals surface area contributed by atoms with Crippen molar-refractivity contribution in [3.05, 3.63) is 71.8 Å². The quantitative estimate of drug-likeness (QED) is 0.780. The molecule has 1 saturated heterocycles. The number of nitrogens with zero attached hydrogens (tertiary/aromatic N) is 1. The Morgan fingerprint density at radius 2 is 1.55 bits per heavy atom. The van der Waals surface area contributed by atoms with E-state index in [4.69, 9.17) is 4.84 Å². The van der Waals surface area contributed by atoms with Crippen LogP contribution in [0, 0.1) is 5.92 Å². The highest BCUT2D eigenvalue weighted by molar-refractivity contribution is 5.83. The van der Waals surface area contributed by atoms with Crippen LogP contribution < -0.4 is 0 Å². The van der Waals surface area contributed by atoms with Gasteiger partial charge in [0.15, 0.2) is 0 Å². The normalized spacial score (nSPS) is 17.9. The Kier molecular flexibility index (Phi) is 3.79. The van der Waals surface area contributed by atoms with Gasteiger partial charge in [-0.15, -0.1) is 0 Å². The maximum Gasteiger partial charge on any atom is 0.251 e. The van der Waals surface area contributed by atoms with Crippen LogP contribution in [0.4, 0.5) is 0 Å². The first-order valence-electron chi connectivity index (χ1n) is 6.85. The molecule has 3 heteroatoms. The molecule has 0 aromatic heterocycles. The number of rotatable bonds is 5. The van der Waals surface area contributed by atoms with E-state index in [1.54, 1.807) is 0 Å². The van der Waals surface area contributed by atoms with Crippen LogP contribution in [0.5, 0.6) is 0 Å². The van der Waals surface area contributed by atoms with Gasteiger partial charge in [-0.05, 0) is 17.5 Å². The smallest absolute Gasteiger partial charge is 0.251 e. The molecule has 2 aromatic carbocycles. The van der Waals surface area contributed by atoms with Crippen LogP contribution >= 0.6 is 0 Å². The van der Waals surface area contributed by atoms with Gasteiger partial charge in [0.2, 0.25) is 0 Å². The number of carbonyl (C=O) groups is 1. The van der Waals surface area contributed by atoms with E-state index in [1.807, 2.05) is 48.5 Å². The predicted octanol–water partition coefficient (Wildman–Crippen LogP) is 2.82. The Balaban J connectivity index is 1.47. The molecule has 0 unspecified atom stereocenters. The molecular weight excluding hydrogens is 250 g/mol. The van der Waals surface area contributed by atoms with E-state index in [0.717, 1.165) is 12.0 Å². The van der Waals surface area contributed by atoms with E-state index < -0.39 is 0 Å². The van der Waals surface area contributed by atoms with Gasteiger partial charge in [0.05, 0.1) is 12.5 Å². The lowest BCUT2D eigenvalue weighted by molar-refractivity contribution is -0.225. The van der Waals surface area contributed by atoms with Crippen LogP contribution in [0.3, 0.4) is 0 Å². The van der Waals surface area contributed by atoms with Gasteiger partial charge in [-0.1, -0.05) is 60.7 Å². The van der Waals surface area contributed by atoms with Crippen molar-refractivity contribution >= 4 is 5.91 Å². The summed E-state index contributed by atoms with van der Waals surface area (Å²) in [7, 11) is 0. The molecule has 2 aromatic rings. The van der Waals surface area contributed by atoms with Crippen molar-refractivity contribution in [1.82, 2.24) is 5.06 Å². The molecule has 1 fully saturated rings. The van der Waals surface area contributed by atoms with Crippen LogP contribution in [0.15, 0.2) is 60.7 Å². The molecule has 3 nitrogen and oxygen atoms in total. The number of hydroxylamine groups is 2. The van der Waals surface area contributed by atoms with Gasteiger partial charge in [-0.25, -0.2) is 5.06 Å². The van der Waals surface area contributed by atoms with Crippen LogP contribution in [-0.4, -0.2) is 17.5 Å². The number of benzene rings is 2. The molecule has 0 saturated carbocycles. The lowest BCUT2D eigenvalue weighted by atomic mass is 9.93. The van der Waals surface area contributed by atoms with Gasteiger partial charge < -0.3 is 0 Å². The molecule has 0 spiro atoms. The predicted molar refractivity (Wildman–Crippen MR) is 76.6 cm³/mol. The first-order valence-corrected chi connectivity index (χ1v) is 6.85. The second-order valence-corrected chi connectivity index (χ2v) is 5.04. The first kappa shape index (κ1) is 12.9. The summed E-state index contributed by atoms with van der Waals surface area (Å²) in [5, 5.41) is 1.47. The monoisotopic (exact) mass is 267 g/mol. The first-order chi connectivity index (χ1) is 9.83. The van der Waals surface area contributed by atoms with E-state index in [1.165, 1.54) is 10.6 Å². The Bertz CT molecular complexity index is 568. The van der Waals surface area contributed by atoms with Crippen LogP contribution in [0.2, 0.25) is 0 Å². The lowest BCUT2D eigenvalue weighted by Gasteiger charge is -2.37. The third kappa shape index (κ3) is 2.89. The molecule has 0 bridgehead atoms. The van der Waals surface area contributed by atoms with Gasteiger partial charge in [0.25, 0.3) is 5.91 Å². The van der Waals surface area contributed by atoms with E-state index >= 15 is 0 Å². The molecule has 0 N–H and O–H groups in total. The molecule has 1 heterocycles. The largest absolute Gasteiger partial charge is 0.272 e. The van der Waals surface area contributed by atoms with Crippen molar-refractivity contribution in [2.75, 3.05) is 6.54 Å². The molecule has 102 valence electrons. The van der Waals surface area contributed by atoms with E-state index in [-0.39, 0.29) is 11.8 Å². The molecule has 0 aliphatic carbocycles. The topological polar surface area (TPSA) is 29.5 Å². The minimum absolute atomic E-state index is 0.0631. The number of hydrogen-bond donors (Lipinski definition) is 0. The zero-order chi connectivity index (χ0) is 13.8. The second kappa shape index (κ2) is 5.88. The van der Waals surface area contributed by atoms with Crippen molar-refractivity contribution in [3.8, 4) is 0 Å². The Hall–Kier alpha value is -2.13. The van der Waals surface area contributed by atoms with Crippen molar-refractivity contribution in [2.45, 2.75) is 13.0 Å². The van der Waals surface area contributed by atoms with Gasteiger partial charge in [0.1, 0.15) is 6.61 Å². The standard InChI is InChI=1S/C17H17NO2/c19-17-16(11-14-7-3-1-4-8-14)12-18(17)20-13-15-9-5-2-6-10-15/h1-10,16H,11-13H2/t16-/m1/s1. The highest BCUT2D eigenvalue weighted by Crippen LogP contribution is 2.23. The molecule has 20 heavy (non-hydrogen) atoms. The fraction of sp³-hybridized carbons (Fsp3) is 0.235. The van der Waals surface area contributed by atoms with Crippen molar-refractivity contribution in [3.63, 3.8) is 0 Å². The third-order valence-electron chi connectivity index (χ3n) is 3.54. The van der Waals surface area contributed by atoms with Gasteiger partial charge in [0, 0.05) is 0 Å². The third-order valence-corrected chi connectivity index (χ3v) is 3.54. The summed E-state index contributed by atoms with van der Waals surface area (Å²) in [6.07, 6.45) is 0.796. The molecular formula is C17H17NO2. The minimum atomic E-state index is 0.0631. The van der Waals surface area contributed by atoms with Gasteiger partial charge >= 0.3 is 0 Å². The van der Waals surface area contributed by atoms with Crippen molar-refractivity contribution in [1.29, 1.82) is 0 Å². The number of hydrogen-bond acceptors (Lipinski definition) is 2. The second-order valence-electron chi connectivity index (χ2n) is 5.04. The highest BCUT2D eigenvalue weighted by atomic mass is 16.7. The van der Waals surface area contributed by atoms with Gasteiger partial charge in [-0.2, -0.15) is 0 Å². The summed E-state index contributed by atoms with van der Waals surface area (Å²) in [4.78, 5) is 17.5. The zero-order valence-electron chi connectivity index (χ0n) is 11.2. The highest BCUT2D eigenvalue weighted by Gasteiger charge is 2.37. The van der Waals surface area contributed by atoms with Gasteiger partial charge in [-0.3, -0.25) is 9.63 Å². The minimum Gasteiger partial charge on any atom is -0.272 e. The van der Waals surface area contributed by atoms with E-state index in [0.29, 0.717) is 13.2 Å². The fourth-order valence-corrected chi connectivity index (χ4v) is 2.35.